The van der Waals surface area contributed by atoms with E-state index in [1.54, 1.807) is 18.2 Å². The minimum atomic E-state index is -0.207. The fraction of sp³-hybridized carbons (Fsp3) is 0.450. The van der Waals surface area contributed by atoms with Gasteiger partial charge in [-0.15, -0.1) is 0 Å². The number of amides is 1. The number of hydrogen-bond acceptors (Lipinski definition) is 5. The highest BCUT2D eigenvalue weighted by molar-refractivity contribution is 5.92. The second-order valence-electron chi connectivity index (χ2n) is 6.90. The van der Waals surface area contributed by atoms with Gasteiger partial charge in [-0.05, 0) is 38.5 Å². The van der Waals surface area contributed by atoms with Crippen LogP contribution in [0.5, 0.6) is 0 Å². The zero-order valence-corrected chi connectivity index (χ0v) is 16.1. The molecule has 1 N–H and O–H groups in total. The van der Waals surface area contributed by atoms with Gasteiger partial charge in [0.2, 0.25) is 5.95 Å². The third-order valence-corrected chi connectivity index (χ3v) is 4.82. The SMILES string of the molecule is CCC(C)NC(=O)c1cc(C)nc(N2CCN(c3ccccc3F)CC2)n1. The number of rotatable bonds is 5. The zero-order chi connectivity index (χ0) is 19.4. The topological polar surface area (TPSA) is 61.4 Å². The first-order valence-electron chi connectivity index (χ1n) is 9.39. The second-order valence-corrected chi connectivity index (χ2v) is 6.90. The average molecular weight is 371 g/mol. The van der Waals surface area contributed by atoms with Crippen LogP contribution in [0.15, 0.2) is 30.3 Å². The first-order chi connectivity index (χ1) is 13.0. The maximum Gasteiger partial charge on any atom is 0.270 e. The van der Waals surface area contributed by atoms with Crippen molar-refractivity contribution in [3.05, 3.63) is 47.5 Å². The number of para-hydroxylation sites is 1. The van der Waals surface area contributed by atoms with Gasteiger partial charge in [0.05, 0.1) is 5.69 Å². The number of hydrogen-bond donors (Lipinski definition) is 1. The Morgan fingerprint density at radius 2 is 1.85 bits per heavy atom. The van der Waals surface area contributed by atoms with Crippen LogP contribution in [0.2, 0.25) is 0 Å². The van der Waals surface area contributed by atoms with Gasteiger partial charge in [-0.25, -0.2) is 14.4 Å². The number of anilines is 2. The van der Waals surface area contributed by atoms with Gasteiger partial charge in [-0.2, -0.15) is 0 Å². The minimum Gasteiger partial charge on any atom is -0.366 e. The normalized spacial score (nSPS) is 15.6. The Morgan fingerprint density at radius 1 is 1.19 bits per heavy atom. The fourth-order valence-corrected chi connectivity index (χ4v) is 3.07. The van der Waals surface area contributed by atoms with Crippen molar-refractivity contribution >= 4 is 17.5 Å². The predicted molar refractivity (Wildman–Crippen MR) is 105 cm³/mol. The molecule has 1 saturated heterocycles. The Morgan fingerprint density at radius 3 is 2.52 bits per heavy atom. The molecule has 1 aromatic heterocycles. The van der Waals surface area contributed by atoms with Crippen LogP contribution in [0.1, 0.15) is 36.5 Å². The Bertz CT molecular complexity index is 805. The summed E-state index contributed by atoms with van der Waals surface area (Å²) in [7, 11) is 0. The molecular formula is C20H26FN5O. The first-order valence-corrected chi connectivity index (χ1v) is 9.39. The lowest BCUT2D eigenvalue weighted by Gasteiger charge is -2.36. The van der Waals surface area contributed by atoms with Crippen LogP contribution < -0.4 is 15.1 Å². The van der Waals surface area contributed by atoms with Crippen molar-refractivity contribution in [1.82, 2.24) is 15.3 Å². The zero-order valence-electron chi connectivity index (χ0n) is 16.1. The molecule has 2 aromatic rings. The van der Waals surface area contributed by atoms with Crippen LogP contribution in [-0.2, 0) is 0 Å². The highest BCUT2D eigenvalue weighted by Crippen LogP contribution is 2.21. The molecule has 1 aliphatic rings. The van der Waals surface area contributed by atoms with Crippen LogP contribution in [0.3, 0.4) is 0 Å². The van der Waals surface area contributed by atoms with Gasteiger partial charge in [0.1, 0.15) is 11.5 Å². The lowest BCUT2D eigenvalue weighted by atomic mass is 10.2. The molecule has 2 heterocycles. The van der Waals surface area contributed by atoms with Crippen LogP contribution in [0, 0.1) is 12.7 Å². The number of aromatic nitrogens is 2. The third kappa shape index (κ3) is 4.53. The maximum atomic E-state index is 14.0. The van der Waals surface area contributed by atoms with Crippen molar-refractivity contribution in [2.45, 2.75) is 33.2 Å². The smallest absolute Gasteiger partial charge is 0.270 e. The Balaban J connectivity index is 1.71. The van der Waals surface area contributed by atoms with Crippen molar-refractivity contribution in [3.63, 3.8) is 0 Å². The molecule has 27 heavy (non-hydrogen) atoms. The van der Waals surface area contributed by atoms with Crippen LogP contribution in [-0.4, -0.2) is 48.1 Å². The van der Waals surface area contributed by atoms with Crippen molar-refractivity contribution in [2.75, 3.05) is 36.0 Å². The summed E-state index contributed by atoms with van der Waals surface area (Å²) in [5.74, 6) is 0.167. The second kappa shape index (κ2) is 8.33. The molecule has 0 spiro atoms. The lowest BCUT2D eigenvalue weighted by Crippen LogP contribution is -2.47. The molecular weight excluding hydrogens is 345 g/mol. The summed E-state index contributed by atoms with van der Waals surface area (Å²) in [6.45, 7) is 8.54. The van der Waals surface area contributed by atoms with Gasteiger partial charge >= 0.3 is 0 Å². The van der Waals surface area contributed by atoms with E-state index in [1.165, 1.54) is 6.07 Å². The van der Waals surface area contributed by atoms with E-state index in [9.17, 15) is 9.18 Å². The summed E-state index contributed by atoms with van der Waals surface area (Å²) in [6, 6.07) is 8.62. The van der Waals surface area contributed by atoms with Crippen molar-refractivity contribution < 1.29 is 9.18 Å². The van der Waals surface area contributed by atoms with Crippen LogP contribution in [0.4, 0.5) is 16.0 Å². The molecule has 144 valence electrons. The molecule has 0 bridgehead atoms. The summed E-state index contributed by atoms with van der Waals surface area (Å²) in [4.78, 5) is 25.4. The summed E-state index contributed by atoms with van der Waals surface area (Å²) in [5, 5.41) is 2.94. The Labute approximate surface area is 159 Å². The lowest BCUT2D eigenvalue weighted by molar-refractivity contribution is 0.0934. The molecule has 0 aliphatic carbocycles. The van der Waals surface area contributed by atoms with Crippen LogP contribution >= 0.6 is 0 Å². The minimum absolute atomic E-state index is 0.0977. The predicted octanol–water partition coefficient (Wildman–Crippen LogP) is 2.78. The number of carbonyl (C=O) groups excluding carboxylic acids is 1. The van der Waals surface area contributed by atoms with Gasteiger partial charge in [-0.3, -0.25) is 4.79 Å². The van der Waals surface area contributed by atoms with Crippen molar-refractivity contribution in [2.24, 2.45) is 0 Å². The molecule has 1 amide bonds. The number of nitrogens with zero attached hydrogens (tertiary/aromatic N) is 4. The number of carbonyl (C=O) groups is 1. The highest BCUT2D eigenvalue weighted by atomic mass is 19.1. The summed E-state index contributed by atoms with van der Waals surface area (Å²) in [6.07, 6.45) is 0.862. The molecule has 0 radical (unpaired) electrons. The monoisotopic (exact) mass is 371 g/mol. The quantitative estimate of drug-likeness (QED) is 0.876. The molecule has 1 unspecified atom stereocenters. The highest BCUT2D eigenvalue weighted by Gasteiger charge is 2.22. The van der Waals surface area contributed by atoms with E-state index < -0.39 is 0 Å². The number of nitrogens with one attached hydrogen (secondary N) is 1. The van der Waals surface area contributed by atoms with Gasteiger partial charge in [0, 0.05) is 37.9 Å². The third-order valence-electron chi connectivity index (χ3n) is 4.82. The number of aryl methyl sites for hydroxylation is 1. The van der Waals surface area contributed by atoms with E-state index >= 15 is 0 Å². The molecule has 6 nitrogen and oxygen atoms in total. The molecule has 1 aromatic carbocycles. The number of piperazine rings is 1. The standard InChI is InChI=1S/C20H26FN5O/c1-4-14(2)22-19(27)17-13-15(3)23-20(24-17)26-11-9-25(10-12-26)18-8-6-5-7-16(18)21/h5-8,13-14H,4,9-12H2,1-3H3,(H,22,27). The average Bonchev–Trinajstić information content (AvgIpc) is 2.68. The van der Waals surface area contributed by atoms with Gasteiger partial charge in [-0.1, -0.05) is 19.1 Å². The van der Waals surface area contributed by atoms with Gasteiger partial charge in [0.15, 0.2) is 0 Å². The van der Waals surface area contributed by atoms with E-state index in [1.807, 2.05) is 36.6 Å². The maximum absolute atomic E-state index is 14.0. The van der Waals surface area contributed by atoms with Crippen LogP contribution in [0.25, 0.3) is 0 Å². The molecule has 0 saturated carbocycles. The molecule has 1 atom stereocenters. The van der Waals surface area contributed by atoms with Crippen molar-refractivity contribution in [3.8, 4) is 0 Å². The van der Waals surface area contributed by atoms with E-state index in [2.05, 4.69) is 15.3 Å². The molecule has 7 heteroatoms. The largest absolute Gasteiger partial charge is 0.366 e. The van der Waals surface area contributed by atoms with E-state index in [-0.39, 0.29) is 17.8 Å². The summed E-state index contributed by atoms with van der Waals surface area (Å²) >= 11 is 0. The summed E-state index contributed by atoms with van der Waals surface area (Å²) < 4.78 is 14.0. The Kier molecular flexibility index (Phi) is 5.88. The number of benzene rings is 1. The van der Waals surface area contributed by atoms with E-state index in [4.69, 9.17) is 0 Å². The van der Waals surface area contributed by atoms with Crippen molar-refractivity contribution in [1.29, 1.82) is 0 Å². The van der Waals surface area contributed by atoms with Gasteiger partial charge in [0.25, 0.3) is 5.91 Å². The van der Waals surface area contributed by atoms with E-state index in [0.717, 1.165) is 12.1 Å². The Hall–Kier alpha value is -2.70. The summed E-state index contributed by atoms with van der Waals surface area (Å²) in [5.41, 5.74) is 1.76. The molecule has 3 rings (SSSR count). The first kappa shape index (κ1) is 19.1. The number of halogens is 1. The fourth-order valence-electron chi connectivity index (χ4n) is 3.07. The van der Waals surface area contributed by atoms with Gasteiger partial charge < -0.3 is 15.1 Å². The van der Waals surface area contributed by atoms with E-state index in [0.29, 0.717) is 43.5 Å². The molecule has 1 aliphatic heterocycles. The molecule has 1 fully saturated rings.